The van der Waals surface area contributed by atoms with Gasteiger partial charge < -0.3 is 5.32 Å². The minimum atomic E-state index is -0.319. The molecule has 0 bridgehead atoms. The summed E-state index contributed by atoms with van der Waals surface area (Å²) in [5.41, 5.74) is 2.79. The van der Waals surface area contributed by atoms with Gasteiger partial charge in [-0.3, -0.25) is 9.78 Å². The number of aryl methyl sites for hydroxylation is 1. The lowest BCUT2D eigenvalue weighted by molar-refractivity contribution is 0.0950. The molecule has 0 atom stereocenters. The highest BCUT2D eigenvalue weighted by atomic mass is 19.1. The van der Waals surface area contributed by atoms with Gasteiger partial charge >= 0.3 is 0 Å². The van der Waals surface area contributed by atoms with Crippen molar-refractivity contribution < 1.29 is 9.18 Å². The van der Waals surface area contributed by atoms with Crippen molar-refractivity contribution in [1.29, 1.82) is 0 Å². The first-order chi connectivity index (χ1) is 10.6. The van der Waals surface area contributed by atoms with Gasteiger partial charge in [-0.25, -0.2) is 4.39 Å². The molecule has 4 heteroatoms. The summed E-state index contributed by atoms with van der Waals surface area (Å²) in [4.78, 5) is 16.6. The van der Waals surface area contributed by atoms with Gasteiger partial charge in [0, 0.05) is 28.8 Å². The second-order valence-corrected chi connectivity index (χ2v) is 5.13. The second kappa shape index (κ2) is 5.93. The zero-order valence-corrected chi connectivity index (χ0v) is 12.1. The van der Waals surface area contributed by atoms with Crippen LogP contribution in [0.2, 0.25) is 0 Å². The van der Waals surface area contributed by atoms with Crippen LogP contribution >= 0.6 is 0 Å². The lowest BCUT2D eigenvalue weighted by Gasteiger charge is -2.07. The van der Waals surface area contributed by atoms with E-state index in [4.69, 9.17) is 0 Å². The highest BCUT2D eigenvalue weighted by Crippen LogP contribution is 2.15. The lowest BCUT2D eigenvalue weighted by atomic mass is 10.1. The van der Waals surface area contributed by atoms with Gasteiger partial charge in [-0.15, -0.1) is 0 Å². The SMILES string of the molecule is Cc1ccc2cc(C(=O)NCc3ccccc3F)ccc2n1. The highest BCUT2D eigenvalue weighted by molar-refractivity contribution is 5.97. The molecule has 22 heavy (non-hydrogen) atoms. The Balaban J connectivity index is 1.77. The molecule has 0 spiro atoms. The summed E-state index contributed by atoms with van der Waals surface area (Å²) in [6, 6.07) is 15.6. The topological polar surface area (TPSA) is 42.0 Å². The smallest absolute Gasteiger partial charge is 0.251 e. The maximum absolute atomic E-state index is 13.5. The third-order valence-electron chi connectivity index (χ3n) is 3.49. The average Bonchev–Trinajstić information content (AvgIpc) is 2.53. The number of benzene rings is 2. The Morgan fingerprint density at radius 3 is 2.77 bits per heavy atom. The standard InChI is InChI=1S/C18H15FN2O/c1-12-6-7-13-10-14(8-9-17(13)21-12)18(22)20-11-15-4-2-3-5-16(15)19/h2-10H,11H2,1H3,(H,20,22). The molecule has 0 saturated heterocycles. The van der Waals surface area contributed by atoms with Gasteiger partial charge in [0.2, 0.25) is 0 Å². The number of aromatic nitrogens is 1. The summed E-state index contributed by atoms with van der Waals surface area (Å²) in [7, 11) is 0. The Morgan fingerprint density at radius 2 is 1.95 bits per heavy atom. The minimum Gasteiger partial charge on any atom is -0.348 e. The summed E-state index contributed by atoms with van der Waals surface area (Å²) in [5.74, 6) is -0.549. The first-order valence-corrected chi connectivity index (χ1v) is 7.02. The van der Waals surface area contributed by atoms with E-state index in [9.17, 15) is 9.18 Å². The van der Waals surface area contributed by atoms with Crippen LogP contribution in [0, 0.1) is 12.7 Å². The predicted octanol–water partition coefficient (Wildman–Crippen LogP) is 3.61. The first-order valence-electron chi connectivity index (χ1n) is 7.02. The number of nitrogens with zero attached hydrogens (tertiary/aromatic N) is 1. The summed E-state index contributed by atoms with van der Waals surface area (Å²) in [5, 5.41) is 3.64. The molecule has 3 nitrogen and oxygen atoms in total. The number of halogens is 1. The lowest BCUT2D eigenvalue weighted by Crippen LogP contribution is -2.23. The van der Waals surface area contributed by atoms with Crippen molar-refractivity contribution in [2.45, 2.75) is 13.5 Å². The third-order valence-corrected chi connectivity index (χ3v) is 3.49. The predicted molar refractivity (Wildman–Crippen MR) is 84.1 cm³/mol. The second-order valence-electron chi connectivity index (χ2n) is 5.13. The number of amides is 1. The molecule has 1 aromatic heterocycles. The number of fused-ring (bicyclic) bond motifs is 1. The Hall–Kier alpha value is -2.75. The molecule has 0 unspecified atom stereocenters. The normalized spacial score (nSPS) is 10.6. The molecular weight excluding hydrogens is 279 g/mol. The van der Waals surface area contributed by atoms with E-state index in [0.717, 1.165) is 16.6 Å². The van der Waals surface area contributed by atoms with Crippen LogP contribution in [0.3, 0.4) is 0 Å². The van der Waals surface area contributed by atoms with Crippen molar-refractivity contribution in [3.63, 3.8) is 0 Å². The third kappa shape index (κ3) is 2.96. The largest absolute Gasteiger partial charge is 0.348 e. The minimum absolute atomic E-state index is 0.162. The van der Waals surface area contributed by atoms with Crippen LogP contribution in [-0.2, 0) is 6.54 Å². The average molecular weight is 294 g/mol. The number of pyridine rings is 1. The van der Waals surface area contributed by atoms with Crippen LogP contribution in [0.4, 0.5) is 4.39 Å². The van der Waals surface area contributed by atoms with Gasteiger partial charge in [0.15, 0.2) is 0 Å². The van der Waals surface area contributed by atoms with Gasteiger partial charge in [0.25, 0.3) is 5.91 Å². The Kier molecular flexibility index (Phi) is 3.83. The number of carbonyl (C=O) groups excluding carboxylic acids is 1. The van der Waals surface area contributed by atoms with Crippen LogP contribution in [0.5, 0.6) is 0 Å². The fraction of sp³-hybridized carbons (Fsp3) is 0.111. The molecule has 1 amide bonds. The number of hydrogen-bond acceptors (Lipinski definition) is 2. The zero-order chi connectivity index (χ0) is 15.5. The summed E-state index contributed by atoms with van der Waals surface area (Å²) in [6.45, 7) is 2.09. The maximum atomic E-state index is 13.5. The molecule has 0 aliphatic carbocycles. The van der Waals surface area contributed by atoms with Crippen LogP contribution in [0.25, 0.3) is 10.9 Å². The van der Waals surface area contributed by atoms with Crippen LogP contribution in [-0.4, -0.2) is 10.9 Å². The van der Waals surface area contributed by atoms with Crippen molar-refractivity contribution in [3.05, 3.63) is 77.2 Å². The van der Waals surface area contributed by atoms with E-state index in [1.54, 1.807) is 30.3 Å². The Morgan fingerprint density at radius 1 is 1.14 bits per heavy atom. The molecule has 0 fully saturated rings. The molecular formula is C18H15FN2O. The Bertz CT molecular complexity index is 845. The first kappa shape index (κ1) is 14.2. The number of hydrogen-bond donors (Lipinski definition) is 1. The van der Waals surface area contributed by atoms with Crippen molar-refractivity contribution >= 4 is 16.8 Å². The molecule has 110 valence electrons. The van der Waals surface area contributed by atoms with E-state index < -0.39 is 0 Å². The van der Waals surface area contributed by atoms with Crippen molar-refractivity contribution in [3.8, 4) is 0 Å². The van der Waals surface area contributed by atoms with Gasteiger partial charge in [0.1, 0.15) is 5.82 Å². The molecule has 0 radical (unpaired) electrons. The van der Waals surface area contributed by atoms with Crippen molar-refractivity contribution in [2.24, 2.45) is 0 Å². The zero-order valence-electron chi connectivity index (χ0n) is 12.1. The molecule has 1 N–H and O–H groups in total. The highest BCUT2D eigenvalue weighted by Gasteiger charge is 2.08. The number of nitrogens with one attached hydrogen (secondary N) is 1. The van der Waals surface area contributed by atoms with E-state index in [1.807, 2.05) is 25.1 Å². The van der Waals surface area contributed by atoms with Crippen molar-refractivity contribution in [2.75, 3.05) is 0 Å². The summed E-state index contributed by atoms with van der Waals surface area (Å²) >= 11 is 0. The van der Waals surface area contributed by atoms with E-state index in [-0.39, 0.29) is 18.3 Å². The summed E-state index contributed by atoms with van der Waals surface area (Å²) < 4.78 is 13.5. The molecule has 0 saturated carbocycles. The van der Waals surface area contributed by atoms with Crippen LogP contribution in [0.1, 0.15) is 21.6 Å². The van der Waals surface area contributed by atoms with Crippen molar-refractivity contribution in [1.82, 2.24) is 10.3 Å². The monoisotopic (exact) mass is 294 g/mol. The number of rotatable bonds is 3. The molecule has 0 aliphatic heterocycles. The quantitative estimate of drug-likeness (QED) is 0.801. The van der Waals surface area contributed by atoms with Crippen LogP contribution in [0.15, 0.2) is 54.6 Å². The van der Waals surface area contributed by atoms with E-state index >= 15 is 0 Å². The maximum Gasteiger partial charge on any atom is 0.251 e. The number of carbonyl (C=O) groups is 1. The van der Waals surface area contributed by atoms with E-state index in [2.05, 4.69) is 10.3 Å². The molecule has 0 aliphatic rings. The molecule has 3 aromatic rings. The van der Waals surface area contributed by atoms with Gasteiger partial charge in [-0.05, 0) is 37.3 Å². The molecule has 3 rings (SSSR count). The van der Waals surface area contributed by atoms with Crippen LogP contribution < -0.4 is 5.32 Å². The molecule has 1 heterocycles. The Labute approximate surface area is 127 Å². The van der Waals surface area contributed by atoms with E-state index in [0.29, 0.717) is 11.1 Å². The van der Waals surface area contributed by atoms with Gasteiger partial charge in [0.05, 0.1) is 5.52 Å². The van der Waals surface area contributed by atoms with Gasteiger partial charge in [-0.1, -0.05) is 24.3 Å². The fourth-order valence-electron chi connectivity index (χ4n) is 2.29. The fourth-order valence-corrected chi connectivity index (χ4v) is 2.29. The van der Waals surface area contributed by atoms with E-state index in [1.165, 1.54) is 6.07 Å². The molecule has 2 aromatic carbocycles. The summed E-state index contributed by atoms with van der Waals surface area (Å²) in [6.07, 6.45) is 0. The van der Waals surface area contributed by atoms with Gasteiger partial charge in [-0.2, -0.15) is 0 Å².